The van der Waals surface area contributed by atoms with Gasteiger partial charge < -0.3 is 4.74 Å². The molecule has 22 heavy (non-hydrogen) atoms. The van der Waals surface area contributed by atoms with E-state index in [0.29, 0.717) is 18.0 Å². The van der Waals surface area contributed by atoms with Crippen LogP contribution in [-0.4, -0.2) is 31.7 Å². The monoisotopic (exact) mass is 319 g/mol. The second kappa shape index (κ2) is 8.58. The largest absolute Gasteiger partial charge is 0.385 e. The molecule has 0 spiro atoms. The minimum absolute atomic E-state index is 0.416. The number of halogens is 1. The van der Waals surface area contributed by atoms with Crippen molar-refractivity contribution in [3.05, 3.63) is 34.9 Å². The lowest BCUT2D eigenvalue weighted by Gasteiger charge is -2.35. The van der Waals surface area contributed by atoms with E-state index < -0.39 is 0 Å². The molecule has 1 aromatic carbocycles. The molecular weight excluding hydrogens is 294 g/mol. The van der Waals surface area contributed by atoms with Crippen LogP contribution in [0.1, 0.15) is 61.3 Å². The summed E-state index contributed by atoms with van der Waals surface area (Å²) in [5.74, 6) is 7.16. The molecule has 0 fully saturated rings. The predicted octanol–water partition coefficient (Wildman–Crippen LogP) is 4.53. The van der Waals surface area contributed by atoms with Crippen LogP contribution in [0.3, 0.4) is 0 Å². The summed E-state index contributed by atoms with van der Waals surface area (Å²) < 4.78 is 5.05. The second-order valence-corrected chi connectivity index (χ2v) is 6.35. The Bertz CT molecular complexity index is 546. The first-order valence-electron chi connectivity index (χ1n) is 8.05. The molecular formula is C19H26ClNO. The lowest BCUT2D eigenvalue weighted by atomic mass is 9.80. The number of alkyl halides is 1. The molecule has 0 aromatic heterocycles. The number of rotatable bonds is 5. The van der Waals surface area contributed by atoms with Gasteiger partial charge in [-0.05, 0) is 55.5 Å². The standard InChI is InChI=1S/C19H26ClNO/c1-15-8-11-19(21(2)14-20)18-13-16(9-10-17(15)18)7-5-4-6-12-22-3/h9-10,13,15,19H,4,6,8,11-12,14H2,1-3H3. The van der Waals surface area contributed by atoms with Crippen LogP contribution >= 0.6 is 11.6 Å². The van der Waals surface area contributed by atoms with Gasteiger partial charge in [0.2, 0.25) is 0 Å². The molecule has 2 nitrogen and oxygen atoms in total. The minimum Gasteiger partial charge on any atom is -0.385 e. The van der Waals surface area contributed by atoms with Crippen molar-refractivity contribution in [3.8, 4) is 11.8 Å². The summed E-state index contributed by atoms with van der Waals surface area (Å²) in [6.45, 7) is 3.09. The molecule has 2 unspecified atom stereocenters. The van der Waals surface area contributed by atoms with E-state index in [2.05, 4.69) is 48.9 Å². The molecule has 3 heteroatoms. The maximum Gasteiger partial charge on any atom is 0.0740 e. The third-order valence-corrected chi connectivity index (χ3v) is 4.83. The molecule has 0 N–H and O–H groups in total. The zero-order chi connectivity index (χ0) is 15.9. The Labute approximate surface area is 139 Å². The van der Waals surface area contributed by atoms with Crippen LogP contribution in [0, 0.1) is 11.8 Å². The highest BCUT2D eigenvalue weighted by Crippen LogP contribution is 2.40. The van der Waals surface area contributed by atoms with Gasteiger partial charge in [0.05, 0.1) is 6.00 Å². The number of unbranched alkanes of at least 4 members (excludes halogenated alkanes) is 1. The van der Waals surface area contributed by atoms with E-state index in [1.54, 1.807) is 7.11 Å². The molecule has 1 aliphatic rings. The highest BCUT2D eigenvalue weighted by Gasteiger charge is 2.27. The van der Waals surface area contributed by atoms with Gasteiger partial charge in [-0.25, -0.2) is 0 Å². The van der Waals surface area contributed by atoms with Gasteiger partial charge in [0.25, 0.3) is 0 Å². The van der Waals surface area contributed by atoms with Gasteiger partial charge in [0.15, 0.2) is 0 Å². The van der Waals surface area contributed by atoms with Crippen molar-refractivity contribution in [3.63, 3.8) is 0 Å². The summed E-state index contributed by atoms with van der Waals surface area (Å²) in [5.41, 5.74) is 3.97. The first kappa shape index (κ1) is 17.3. The van der Waals surface area contributed by atoms with Crippen LogP contribution in [-0.2, 0) is 4.74 Å². The summed E-state index contributed by atoms with van der Waals surface area (Å²) in [4.78, 5) is 2.22. The van der Waals surface area contributed by atoms with E-state index in [1.165, 1.54) is 24.0 Å². The van der Waals surface area contributed by atoms with Gasteiger partial charge in [0.1, 0.15) is 0 Å². The number of ether oxygens (including phenoxy) is 1. The Morgan fingerprint density at radius 1 is 1.32 bits per heavy atom. The Balaban J connectivity index is 2.19. The predicted molar refractivity (Wildman–Crippen MR) is 93.3 cm³/mol. The molecule has 2 atom stereocenters. The first-order valence-corrected chi connectivity index (χ1v) is 8.58. The van der Waals surface area contributed by atoms with E-state index >= 15 is 0 Å². The lowest BCUT2D eigenvalue weighted by molar-refractivity contribution is 0.196. The Morgan fingerprint density at radius 3 is 2.86 bits per heavy atom. The van der Waals surface area contributed by atoms with Gasteiger partial charge in [-0.1, -0.05) is 24.8 Å². The number of hydrogen-bond donors (Lipinski definition) is 0. The number of nitrogens with zero attached hydrogens (tertiary/aromatic N) is 1. The number of fused-ring (bicyclic) bond motifs is 1. The van der Waals surface area contributed by atoms with Crippen molar-refractivity contribution >= 4 is 11.6 Å². The molecule has 120 valence electrons. The summed E-state index contributed by atoms with van der Waals surface area (Å²) in [7, 11) is 3.83. The normalized spacial score (nSPS) is 20.4. The Hall–Kier alpha value is -1.01. The van der Waals surface area contributed by atoms with Crippen LogP contribution < -0.4 is 0 Å². The molecule has 0 saturated carbocycles. The molecule has 0 aliphatic heterocycles. The van der Waals surface area contributed by atoms with Gasteiger partial charge >= 0.3 is 0 Å². The minimum atomic E-state index is 0.416. The summed E-state index contributed by atoms with van der Waals surface area (Å²) >= 11 is 6.05. The number of benzene rings is 1. The van der Waals surface area contributed by atoms with Crippen LogP contribution in [0.5, 0.6) is 0 Å². The molecule has 0 saturated heterocycles. The highest BCUT2D eigenvalue weighted by atomic mass is 35.5. The molecule has 0 bridgehead atoms. The topological polar surface area (TPSA) is 12.5 Å². The van der Waals surface area contributed by atoms with Crippen LogP contribution in [0.25, 0.3) is 0 Å². The molecule has 0 heterocycles. The van der Waals surface area contributed by atoms with E-state index in [4.69, 9.17) is 16.3 Å². The number of methoxy groups -OCH3 is 1. The van der Waals surface area contributed by atoms with E-state index in [1.807, 2.05) is 0 Å². The molecule has 2 rings (SSSR count). The second-order valence-electron chi connectivity index (χ2n) is 6.11. The van der Waals surface area contributed by atoms with Gasteiger partial charge in [-0.3, -0.25) is 4.90 Å². The van der Waals surface area contributed by atoms with E-state index in [-0.39, 0.29) is 0 Å². The maximum absolute atomic E-state index is 6.05. The number of hydrogen-bond acceptors (Lipinski definition) is 2. The molecule has 1 aromatic rings. The lowest BCUT2D eigenvalue weighted by Crippen LogP contribution is -2.27. The maximum atomic E-state index is 6.05. The SMILES string of the molecule is COCCCC#Cc1ccc2c(c1)C(N(C)CCl)CCC2C. The quantitative estimate of drug-likeness (QED) is 0.342. The van der Waals surface area contributed by atoms with Crippen molar-refractivity contribution in [2.75, 3.05) is 26.8 Å². The van der Waals surface area contributed by atoms with Crippen molar-refractivity contribution in [1.82, 2.24) is 4.90 Å². The fourth-order valence-corrected chi connectivity index (χ4v) is 3.29. The zero-order valence-electron chi connectivity index (χ0n) is 13.9. The summed E-state index contributed by atoms with van der Waals surface area (Å²) in [6.07, 6.45) is 4.26. The summed E-state index contributed by atoms with van der Waals surface area (Å²) in [5, 5.41) is 0. The highest BCUT2D eigenvalue weighted by molar-refractivity contribution is 6.17. The van der Waals surface area contributed by atoms with E-state index in [0.717, 1.165) is 25.0 Å². The van der Waals surface area contributed by atoms with Gasteiger partial charge in [0, 0.05) is 31.7 Å². The van der Waals surface area contributed by atoms with Crippen LogP contribution in [0.4, 0.5) is 0 Å². The Kier molecular flexibility index (Phi) is 6.76. The average molecular weight is 320 g/mol. The molecule has 0 radical (unpaired) electrons. The molecule has 0 amide bonds. The van der Waals surface area contributed by atoms with Crippen molar-refractivity contribution in [2.24, 2.45) is 0 Å². The zero-order valence-corrected chi connectivity index (χ0v) is 14.6. The van der Waals surface area contributed by atoms with Gasteiger partial charge in [-0.2, -0.15) is 0 Å². The fourth-order valence-electron chi connectivity index (χ4n) is 3.12. The van der Waals surface area contributed by atoms with Crippen molar-refractivity contribution < 1.29 is 4.74 Å². The third-order valence-electron chi connectivity index (χ3n) is 4.45. The van der Waals surface area contributed by atoms with Crippen molar-refractivity contribution in [1.29, 1.82) is 0 Å². The Morgan fingerprint density at radius 2 is 2.14 bits per heavy atom. The van der Waals surface area contributed by atoms with Crippen LogP contribution in [0.15, 0.2) is 18.2 Å². The average Bonchev–Trinajstić information content (AvgIpc) is 2.54. The first-order chi connectivity index (χ1) is 10.7. The smallest absolute Gasteiger partial charge is 0.0740 e. The van der Waals surface area contributed by atoms with Crippen molar-refractivity contribution in [2.45, 2.75) is 44.6 Å². The third kappa shape index (κ3) is 4.26. The van der Waals surface area contributed by atoms with E-state index in [9.17, 15) is 0 Å². The van der Waals surface area contributed by atoms with Crippen LogP contribution in [0.2, 0.25) is 0 Å². The summed E-state index contributed by atoms with van der Waals surface area (Å²) in [6, 6.07) is 7.65. The van der Waals surface area contributed by atoms with Gasteiger partial charge in [-0.15, -0.1) is 11.6 Å². The fraction of sp³-hybridized carbons (Fsp3) is 0.579. The molecule has 1 aliphatic carbocycles.